The van der Waals surface area contributed by atoms with Gasteiger partial charge in [0.05, 0.1) is 6.61 Å². The van der Waals surface area contributed by atoms with Crippen molar-refractivity contribution in [2.45, 2.75) is 12.6 Å². The highest BCUT2D eigenvalue weighted by molar-refractivity contribution is 9.10. The lowest BCUT2D eigenvalue weighted by molar-refractivity contribution is -0.134. The van der Waals surface area contributed by atoms with E-state index >= 15 is 0 Å². The smallest absolute Gasteiger partial charge is 0.250 e. The molecule has 0 bridgehead atoms. The minimum atomic E-state index is -0.365. The molecule has 1 amide bonds. The number of benzene rings is 1. The second-order valence-corrected chi connectivity index (χ2v) is 4.83. The molecule has 2 rings (SSSR count). The molecule has 1 aromatic carbocycles. The maximum atomic E-state index is 11.8. The summed E-state index contributed by atoms with van der Waals surface area (Å²) in [5.41, 5.74) is 1.07. The summed E-state index contributed by atoms with van der Waals surface area (Å²) in [4.78, 5) is 11.8. The summed E-state index contributed by atoms with van der Waals surface area (Å²) in [5, 5.41) is 6.00. The number of carbonyl (C=O) groups excluding carboxylic acids is 1. The molecule has 1 fully saturated rings. The van der Waals surface area contributed by atoms with E-state index in [2.05, 4.69) is 26.6 Å². The van der Waals surface area contributed by atoms with Crippen molar-refractivity contribution in [3.8, 4) is 0 Å². The molecule has 1 atom stereocenters. The quantitative estimate of drug-likeness (QED) is 0.877. The normalized spacial score (nSPS) is 19.9. The summed E-state index contributed by atoms with van der Waals surface area (Å²) in [6.45, 7) is 2.52. The van der Waals surface area contributed by atoms with Crippen LogP contribution in [0.15, 0.2) is 28.7 Å². The molecule has 4 nitrogen and oxygen atoms in total. The lowest BCUT2D eigenvalue weighted by Crippen LogP contribution is -2.47. The van der Waals surface area contributed by atoms with E-state index in [9.17, 15) is 4.79 Å². The Kier molecular flexibility index (Phi) is 4.53. The van der Waals surface area contributed by atoms with Gasteiger partial charge in [-0.2, -0.15) is 0 Å². The van der Waals surface area contributed by atoms with Crippen LogP contribution in [0, 0.1) is 0 Å². The Bertz CT molecular complexity index is 392. The molecule has 1 saturated heterocycles. The number of carbonyl (C=O) groups is 1. The van der Waals surface area contributed by atoms with E-state index in [0.29, 0.717) is 19.7 Å². The molecule has 1 aromatic rings. The highest BCUT2D eigenvalue weighted by atomic mass is 79.9. The van der Waals surface area contributed by atoms with Crippen LogP contribution in [-0.2, 0) is 16.1 Å². The number of hydrogen-bond acceptors (Lipinski definition) is 3. The highest BCUT2D eigenvalue weighted by Crippen LogP contribution is 2.11. The van der Waals surface area contributed by atoms with Gasteiger partial charge in [0.15, 0.2) is 0 Å². The number of ether oxygens (including phenoxy) is 1. The Balaban J connectivity index is 1.83. The molecule has 1 aliphatic heterocycles. The zero-order valence-electron chi connectivity index (χ0n) is 9.41. The van der Waals surface area contributed by atoms with Gasteiger partial charge in [-0.05, 0) is 17.7 Å². The molecule has 0 saturated carbocycles. The molecule has 5 heteroatoms. The molecule has 0 aromatic heterocycles. The molecule has 1 aliphatic rings. The van der Waals surface area contributed by atoms with Crippen LogP contribution in [0.1, 0.15) is 5.56 Å². The van der Waals surface area contributed by atoms with Crippen LogP contribution >= 0.6 is 15.9 Å². The zero-order chi connectivity index (χ0) is 12.1. The van der Waals surface area contributed by atoms with Crippen LogP contribution in [0.5, 0.6) is 0 Å². The summed E-state index contributed by atoms with van der Waals surface area (Å²) in [6, 6.07) is 7.87. The standard InChI is InChI=1S/C12H15BrN2O2/c13-10-3-1-2-9(6-10)7-15-12(16)11-8-14-4-5-17-11/h1-3,6,11,14H,4-5,7-8H2,(H,15,16). The van der Waals surface area contributed by atoms with E-state index in [1.807, 2.05) is 24.3 Å². The lowest BCUT2D eigenvalue weighted by atomic mass is 10.2. The summed E-state index contributed by atoms with van der Waals surface area (Å²) in [7, 11) is 0. The third-order valence-electron chi connectivity index (χ3n) is 2.58. The molecular formula is C12H15BrN2O2. The van der Waals surface area contributed by atoms with Gasteiger partial charge in [-0.1, -0.05) is 28.1 Å². The predicted molar refractivity (Wildman–Crippen MR) is 68.6 cm³/mol. The van der Waals surface area contributed by atoms with Gasteiger partial charge in [0, 0.05) is 24.1 Å². The summed E-state index contributed by atoms with van der Waals surface area (Å²) in [6.07, 6.45) is -0.365. The van der Waals surface area contributed by atoms with E-state index in [0.717, 1.165) is 16.6 Å². The number of morpholine rings is 1. The van der Waals surface area contributed by atoms with Gasteiger partial charge in [-0.25, -0.2) is 0 Å². The third-order valence-corrected chi connectivity index (χ3v) is 3.07. The number of amides is 1. The molecule has 0 radical (unpaired) electrons. The molecule has 0 spiro atoms. The number of halogens is 1. The molecule has 17 heavy (non-hydrogen) atoms. The Morgan fingerprint density at radius 2 is 2.47 bits per heavy atom. The van der Waals surface area contributed by atoms with Crippen LogP contribution in [0.4, 0.5) is 0 Å². The fraction of sp³-hybridized carbons (Fsp3) is 0.417. The average Bonchev–Trinajstić information content (AvgIpc) is 2.37. The fourth-order valence-corrected chi connectivity index (χ4v) is 2.13. The first kappa shape index (κ1) is 12.5. The number of nitrogens with one attached hydrogen (secondary N) is 2. The molecule has 1 heterocycles. The second kappa shape index (κ2) is 6.14. The summed E-state index contributed by atoms with van der Waals surface area (Å²) < 4.78 is 6.38. The Morgan fingerprint density at radius 1 is 1.59 bits per heavy atom. The van der Waals surface area contributed by atoms with Crippen LogP contribution in [0.3, 0.4) is 0 Å². The van der Waals surface area contributed by atoms with E-state index in [1.54, 1.807) is 0 Å². The molecule has 2 N–H and O–H groups in total. The minimum absolute atomic E-state index is 0.0582. The second-order valence-electron chi connectivity index (χ2n) is 3.91. The minimum Gasteiger partial charge on any atom is -0.366 e. The van der Waals surface area contributed by atoms with Crippen LogP contribution in [-0.4, -0.2) is 31.7 Å². The van der Waals surface area contributed by atoms with Gasteiger partial charge in [-0.15, -0.1) is 0 Å². The van der Waals surface area contributed by atoms with Gasteiger partial charge >= 0.3 is 0 Å². The fourth-order valence-electron chi connectivity index (χ4n) is 1.68. The SMILES string of the molecule is O=C(NCc1cccc(Br)c1)C1CNCCO1. The van der Waals surface area contributed by atoms with Crippen molar-refractivity contribution < 1.29 is 9.53 Å². The topological polar surface area (TPSA) is 50.4 Å². The maximum absolute atomic E-state index is 11.8. The summed E-state index contributed by atoms with van der Waals surface area (Å²) in [5.74, 6) is -0.0582. The van der Waals surface area contributed by atoms with Crippen molar-refractivity contribution >= 4 is 21.8 Å². The Morgan fingerprint density at radius 3 is 3.18 bits per heavy atom. The molecule has 92 valence electrons. The summed E-state index contributed by atoms with van der Waals surface area (Å²) >= 11 is 3.40. The number of rotatable bonds is 3. The van der Waals surface area contributed by atoms with Gasteiger partial charge < -0.3 is 15.4 Å². The monoisotopic (exact) mass is 298 g/mol. The van der Waals surface area contributed by atoms with E-state index in [4.69, 9.17) is 4.74 Å². The Labute approximate surface area is 109 Å². The molecular weight excluding hydrogens is 284 g/mol. The van der Waals surface area contributed by atoms with Crippen LogP contribution in [0.25, 0.3) is 0 Å². The Hall–Kier alpha value is -0.910. The average molecular weight is 299 g/mol. The van der Waals surface area contributed by atoms with Gasteiger partial charge in [-0.3, -0.25) is 4.79 Å². The van der Waals surface area contributed by atoms with Crippen molar-refractivity contribution in [2.75, 3.05) is 19.7 Å². The van der Waals surface area contributed by atoms with Gasteiger partial charge in [0.25, 0.3) is 5.91 Å². The first-order valence-electron chi connectivity index (χ1n) is 5.60. The predicted octanol–water partition coefficient (Wildman–Crippen LogP) is 1.05. The zero-order valence-corrected chi connectivity index (χ0v) is 11.0. The molecule has 0 aliphatic carbocycles. The van der Waals surface area contributed by atoms with E-state index < -0.39 is 0 Å². The van der Waals surface area contributed by atoms with Crippen molar-refractivity contribution in [1.29, 1.82) is 0 Å². The first-order valence-corrected chi connectivity index (χ1v) is 6.39. The van der Waals surface area contributed by atoms with E-state index in [-0.39, 0.29) is 12.0 Å². The van der Waals surface area contributed by atoms with Crippen molar-refractivity contribution in [2.24, 2.45) is 0 Å². The van der Waals surface area contributed by atoms with Crippen LogP contribution in [0.2, 0.25) is 0 Å². The third kappa shape index (κ3) is 3.80. The first-order chi connectivity index (χ1) is 8.25. The highest BCUT2D eigenvalue weighted by Gasteiger charge is 2.20. The lowest BCUT2D eigenvalue weighted by Gasteiger charge is -2.22. The number of hydrogen-bond donors (Lipinski definition) is 2. The van der Waals surface area contributed by atoms with Gasteiger partial charge in [0.2, 0.25) is 0 Å². The largest absolute Gasteiger partial charge is 0.366 e. The van der Waals surface area contributed by atoms with Crippen molar-refractivity contribution in [3.05, 3.63) is 34.3 Å². The van der Waals surface area contributed by atoms with Crippen molar-refractivity contribution in [1.82, 2.24) is 10.6 Å². The van der Waals surface area contributed by atoms with E-state index in [1.165, 1.54) is 0 Å². The van der Waals surface area contributed by atoms with Crippen molar-refractivity contribution in [3.63, 3.8) is 0 Å². The van der Waals surface area contributed by atoms with Gasteiger partial charge in [0.1, 0.15) is 6.10 Å². The maximum Gasteiger partial charge on any atom is 0.250 e. The van der Waals surface area contributed by atoms with Crippen LogP contribution < -0.4 is 10.6 Å². The molecule has 1 unspecified atom stereocenters.